The average molecular weight is 788 g/mol. The third kappa shape index (κ3) is 13.0. The standard InChI is InChI=1S/C40H48Cl2N2O10/c1-25(2)50-19-18-49-23-28-8-10-32(11-9-28)54-24-29(45)22-43-16-17-51-30-12-14-31(15-13-30)52-20-21-53-40(48)36-27(4)44-26(3)35(39(46)47)37(36)33-6-5-7-34(41)38(33)42/h5-15,25,29,35,37,43,45H,16-24H2,1-4H3,(H,46,47). The van der Waals surface area contributed by atoms with Crippen LogP contribution in [0.25, 0.3) is 0 Å². The third-order valence-corrected chi connectivity index (χ3v) is 9.11. The topological polar surface area (TPSA) is 154 Å². The second-order valence-electron chi connectivity index (χ2n) is 12.8. The minimum absolute atomic E-state index is 0.0522. The Kier molecular flexibility index (Phi) is 17.1. The first-order valence-corrected chi connectivity index (χ1v) is 18.5. The van der Waals surface area contributed by atoms with Gasteiger partial charge in [-0.05, 0) is 81.3 Å². The molecule has 12 nitrogen and oxygen atoms in total. The molecule has 292 valence electrons. The highest BCUT2D eigenvalue weighted by Crippen LogP contribution is 2.43. The molecule has 0 amide bonds. The Balaban J connectivity index is 1.13. The smallest absolute Gasteiger partial charge is 0.336 e. The molecule has 0 spiro atoms. The van der Waals surface area contributed by atoms with E-state index in [-0.39, 0.29) is 41.5 Å². The molecule has 0 saturated heterocycles. The number of rotatable bonds is 22. The van der Waals surface area contributed by atoms with Crippen molar-refractivity contribution in [2.24, 2.45) is 10.9 Å². The maximum Gasteiger partial charge on any atom is 0.336 e. The van der Waals surface area contributed by atoms with Crippen LogP contribution in [0.4, 0.5) is 0 Å². The van der Waals surface area contributed by atoms with Crippen LogP contribution in [0.5, 0.6) is 17.2 Å². The SMILES string of the molecule is CC1=NC(C)=C(C(=O)OCCOc2ccc(OCCNCC(O)COc3ccc(COCCOC(C)C)cc3)cc2)C(c2cccc(Cl)c2Cl)C1C(=O)O. The Bertz CT molecular complexity index is 1730. The Morgan fingerprint density at radius 2 is 1.50 bits per heavy atom. The molecule has 0 saturated carbocycles. The molecule has 1 heterocycles. The van der Waals surface area contributed by atoms with Crippen LogP contribution in [0, 0.1) is 5.92 Å². The number of aliphatic carboxylic acids is 1. The van der Waals surface area contributed by atoms with Crippen LogP contribution in [0.2, 0.25) is 10.0 Å². The molecule has 1 aliphatic heterocycles. The molecule has 1 aliphatic rings. The van der Waals surface area contributed by atoms with Gasteiger partial charge in [-0.25, -0.2) is 4.79 Å². The number of hydrogen-bond donors (Lipinski definition) is 3. The highest BCUT2D eigenvalue weighted by molar-refractivity contribution is 6.42. The van der Waals surface area contributed by atoms with E-state index >= 15 is 0 Å². The summed E-state index contributed by atoms with van der Waals surface area (Å²) in [5.41, 5.74) is 2.21. The first-order valence-electron chi connectivity index (χ1n) is 17.7. The lowest BCUT2D eigenvalue weighted by Crippen LogP contribution is -2.35. The van der Waals surface area contributed by atoms with Gasteiger partial charge < -0.3 is 44.0 Å². The second-order valence-corrected chi connectivity index (χ2v) is 13.6. The Morgan fingerprint density at radius 1 is 0.852 bits per heavy atom. The van der Waals surface area contributed by atoms with Crippen LogP contribution in [0.1, 0.15) is 44.7 Å². The fraction of sp³-hybridized carbons (Fsp3) is 0.425. The molecule has 3 atom stereocenters. The van der Waals surface area contributed by atoms with Gasteiger partial charge in [0.25, 0.3) is 0 Å². The first kappa shape index (κ1) is 42.6. The van der Waals surface area contributed by atoms with Crippen molar-refractivity contribution in [2.75, 3.05) is 52.7 Å². The zero-order valence-corrected chi connectivity index (χ0v) is 32.4. The van der Waals surface area contributed by atoms with Gasteiger partial charge in [0.2, 0.25) is 0 Å². The van der Waals surface area contributed by atoms with Gasteiger partial charge in [-0.2, -0.15) is 0 Å². The number of aliphatic imine (C=N–C) groups is 1. The van der Waals surface area contributed by atoms with Gasteiger partial charge in [0, 0.05) is 30.4 Å². The number of hydrogen-bond acceptors (Lipinski definition) is 11. The molecule has 54 heavy (non-hydrogen) atoms. The van der Waals surface area contributed by atoms with Gasteiger partial charge in [0.05, 0.1) is 41.5 Å². The predicted octanol–water partition coefficient (Wildman–Crippen LogP) is 6.50. The zero-order valence-electron chi connectivity index (χ0n) is 30.9. The van der Waals surface area contributed by atoms with E-state index < -0.39 is 29.9 Å². The molecular formula is C40H48Cl2N2O10. The summed E-state index contributed by atoms with van der Waals surface area (Å²) < 4.78 is 33.8. The number of ether oxygens (including phenoxy) is 6. The van der Waals surface area contributed by atoms with E-state index in [1.54, 1.807) is 56.3 Å². The second kappa shape index (κ2) is 21.7. The molecule has 0 aliphatic carbocycles. The van der Waals surface area contributed by atoms with Crippen molar-refractivity contribution in [2.45, 2.75) is 52.4 Å². The molecule has 0 fully saturated rings. The number of carbonyl (C=O) groups is 2. The molecule has 0 bridgehead atoms. The number of aliphatic hydroxyl groups is 1. The number of carbonyl (C=O) groups excluding carboxylic acids is 1. The summed E-state index contributed by atoms with van der Waals surface area (Å²) in [5, 5.41) is 23.9. The van der Waals surface area contributed by atoms with Crippen molar-refractivity contribution in [3.05, 3.63) is 99.2 Å². The van der Waals surface area contributed by atoms with Gasteiger partial charge in [-0.3, -0.25) is 9.79 Å². The zero-order chi connectivity index (χ0) is 39.0. The number of esters is 1. The van der Waals surface area contributed by atoms with E-state index in [1.807, 2.05) is 38.1 Å². The van der Waals surface area contributed by atoms with E-state index in [0.717, 1.165) is 5.56 Å². The summed E-state index contributed by atoms with van der Waals surface area (Å²) in [4.78, 5) is 30.0. The van der Waals surface area contributed by atoms with Crippen LogP contribution in [0.3, 0.4) is 0 Å². The van der Waals surface area contributed by atoms with E-state index in [4.69, 9.17) is 51.6 Å². The number of carboxylic acids is 1. The van der Waals surface area contributed by atoms with Crippen molar-refractivity contribution in [3.8, 4) is 17.2 Å². The molecule has 3 aromatic carbocycles. The highest BCUT2D eigenvalue weighted by Gasteiger charge is 2.42. The maximum atomic E-state index is 13.3. The lowest BCUT2D eigenvalue weighted by molar-refractivity contribution is -0.141. The number of nitrogens with one attached hydrogen (secondary N) is 1. The summed E-state index contributed by atoms with van der Waals surface area (Å²) in [5.74, 6) is -2.10. The van der Waals surface area contributed by atoms with Gasteiger partial charge in [-0.15, -0.1) is 0 Å². The van der Waals surface area contributed by atoms with E-state index in [9.17, 15) is 19.8 Å². The largest absolute Gasteiger partial charge is 0.492 e. The number of carboxylic acid groups (broad SMARTS) is 1. The minimum atomic E-state index is -1.15. The van der Waals surface area contributed by atoms with Gasteiger partial charge in [0.1, 0.15) is 55.7 Å². The van der Waals surface area contributed by atoms with Gasteiger partial charge in [-0.1, -0.05) is 47.5 Å². The number of allylic oxidation sites excluding steroid dienone is 1. The van der Waals surface area contributed by atoms with Crippen LogP contribution in [-0.4, -0.2) is 92.8 Å². The van der Waals surface area contributed by atoms with E-state index in [1.165, 1.54) is 0 Å². The predicted molar refractivity (Wildman–Crippen MR) is 206 cm³/mol. The Morgan fingerprint density at radius 3 is 2.17 bits per heavy atom. The molecule has 0 aromatic heterocycles. The normalized spacial score (nSPS) is 16.2. The van der Waals surface area contributed by atoms with Gasteiger partial charge in [0.15, 0.2) is 0 Å². The molecule has 14 heteroatoms. The Hall–Kier alpha value is -4.17. The van der Waals surface area contributed by atoms with Crippen LogP contribution in [0.15, 0.2) is 83.0 Å². The number of nitrogens with zero attached hydrogens (tertiary/aromatic N) is 1. The lowest BCUT2D eigenvalue weighted by Gasteiger charge is -2.31. The summed E-state index contributed by atoms with van der Waals surface area (Å²) in [6, 6.07) is 19.4. The van der Waals surface area contributed by atoms with Crippen molar-refractivity contribution in [3.63, 3.8) is 0 Å². The monoisotopic (exact) mass is 786 g/mol. The average Bonchev–Trinajstić information content (AvgIpc) is 3.13. The van der Waals surface area contributed by atoms with Crippen molar-refractivity contribution in [1.82, 2.24) is 5.32 Å². The lowest BCUT2D eigenvalue weighted by atomic mass is 9.75. The van der Waals surface area contributed by atoms with Crippen molar-refractivity contribution in [1.29, 1.82) is 0 Å². The summed E-state index contributed by atoms with van der Waals surface area (Å²) in [6.07, 6.45) is -0.512. The fourth-order valence-electron chi connectivity index (χ4n) is 5.70. The van der Waals surface area contributed by atoms with Crippen LogP contribution in [-0.2, 0) is 30.4 Å². The summed E-state index contributed by atoms with van der Waals surface area (Å²) in [7, 11) is 0. The van der Waals surface area contributed by atoms with Crippen LogP contribution >= 0.6 is 23.2 Å². The molecule has 4 rings (SSSR count). The van der Waals surface area contributed by atoms with Gasteiger partial charge >= 0.3 is 11.9 Å². The minimum Gasteiger partial charge on any atom is -0.492 e. The third-order valence-electron chi connectivity index (χ3n) is 8.28. The maximum absolute atomic E-state index is 13.3. The van der Waals surface area contributed by atoms with E-state index in [0.29, 0.717) is 73.7 Å². The molecule has 3 unspecified atom stereocenters. The molecule has 0 radical (unpaired) electrons. The molecule has 3 aromatic rings. The number of benzene rings is 3. The Labute approximate surface area is 326 Å². The van der Waals surface area contributed by atoms with Crippen LogP contribution < -0.4 is 19.5 Å². The summed E-state index contributed by atoms with van der Waals surface area (Å²) in [6.45, 7) is 10.1. The van der Waals surface area contributed by atoms with Crippen molar-refractivity contribution < 1.29 is 48.2 Å². The number of aliphatic hydroxyl groups excluding tert-OH is 1. The first-order chi connectivity index (χ1) is 25.9. The molecule has 3 N–H and O–H groups in total. The highest BCUT2D eigenvalue weighted by atomic mass is 35.5. The number of halogens is 2. The quantitative estimate of drug-likeness (QED) is 0.0756. The fourth-order valence-corrected chi connectivity index (χ4v) is 6.12. The summed E-state index contributed by atoms with van der Waals surface area (Å²) >= 11 is 12.7. The molecular weight excluding hydrogens is 739 g/mol. The van der Waals surface area contributed by atoms with E-state index in [2.05, 4.69) is 10.3 Å². The van der Waals surface area contributed by atoms with Crippen molar-refractivity contribution >= 4 is 40.9 Å².